The highest BCUT2D eigenvalue weighted by molar-refractivity contribution is 6.06. The van der Waals surface area contributed by atoms with Gasteiger partial charge in [0.1, 0.15) is 11.6 Å². The molecule has 1 aliphatic heterocycles. The van der Waals surface area contributed by atoms with Crippen molar-refractivity contribution in [3.05, 3.63) is 69.5 Å². The average molecular weight is 337 g/mol. The van der Waals surface area contributed by atoms with Crippen molar-refractivity contribution in [1.29, 1.82) is 0 Å². The van der Waals surface area contributed by atoms with Crippen LogP contribution in [0.1, 0.15) is 28.2 Å². The number of nitrogens with zero attached hydrogens (tertiary/aromatic N) is 2. The summed E-state index contributed by atoms with van der Waals surface area (Å²) in [5.41, 5.74) is 2.02. The highest BCUT2D eigenvalue weighted by Crippen LogP contribution is 2.19. The topological polar surface area (TPSA) is 64.0 Å². The smallest absolute Gasteiger partial charge is 0.261 e. The molecule has 1 aromatic heterocycles. The van der Waals surface area contributed by atoms with Gasteiger partial charge in [-0.25, -0.2) is 9.37 Å². The summed E-state index contributed by atoms with van der Waals surface area (Å²) in [5.74, 6) is -0.0151. The Morgan fingerprint density at radius 3 is 2.92 bits per heavy atom. The van der Waals surface area contributed by atoms with E-state index in [0.717, 1.165) is 24.2 Å². The van der Waals surface area contributed by atoms with E-state index in [4.69, 9.17) is 0 Å². The molecule has 2 aromatic carbocycles. The van der Waals surface area contributed by atoms with Crippen LogP contribution in [-0.2, 0) is 13.0 Å². The normalized spacial score (nSPS) is 13.0. The number of anilines is 1. The molecule has 1 amide bonds. The zero-order valence-corrected chi connectivity index (χ0v) is 13.7. The molecule has 6 heteroatoms. The molecule has 0 atom stereocenters. The minimum absolute atomic E-state index is 0.0644. The quantitative estimate of drug-likeness (QED) is 0.782. The fourth-order valence-electron chi connectivity index (χ4n) is 3.15. The van der Waals surface area contributed by atoms with Crippen molar-refractivity contribution in [3.8, 4) is 0 Å². The van der Waals surface area contributed by atoms with Crippen molar-refractivity contribution in [2.24, 2.45) is 0 Å². The highest BCUT2D eigenvalue weighted by Gasteiger charge is 2.17. The fraction of sp³-hybridized carbons (Fsp3) is 0.211. The van der Waals surface area contributed by atoms with Gasteiger partial charge in [-0.05, 0) is 49.2 Å². The van der Waals surface area contributed by atoms with Gasteiger partial charge in [-0.2, -0.15) is 0 Å². The molecule has 2 heterocycles. The number of rotatable bonds is 2. The lowest BCUT2D eigenvalue weighted by atomic mass is 10.1. The molecule has 1 N–H and O–H groups in total. The molecule has 0 saturated carbocycles. The van der Waals surface area contributed by atoms with E-state index >= 15 is 0 Å². The first kappa shape index (κ1) is 15.5. The number of amides is 1. The second-order valence-corrected chi connectivity index (χ2v) is 6.23. The lowest BCUT2D eigenvalue weighted by molar-refractivity contribution is 0.102. The predicted octanol–water partition coefficient (Wildman–Crippen LogP) is 3.04. The molecule has 0 fully saturated rings. The summed E-state index contributed by atoms with van der Waals surface area (Å²) in [6, 6.07) is 9.07. The first-order chi connectivity index (χ1) is 12.0. The van der Waals surface area contributed by atoms with Gasteiger partial charge in [0, 0.05) is 24.2 Å². The fourth-order valence-corrected chi connectivity index (χ4v) is 3.15. The van der Waals surface area contributed by atoms with Crippen LogP contribution in [0.25, 0.3) is 10.9 Å². The van der Waals surface area contributed by atoms with Crippen LogP contribution >= 0.6 is 0 Å². The second kappa shape index (κ2) is 5.81. The van der Waals surface area contributed by atoms with Crippen LogP contribution < -0.4 is 10.9 Å². The summed E-state index contributed by atoms with van der Waals surface area (Å²) < 4.78 is 15.1. The molecule has 5 nitrogen and oxygen atoms in total. The van der Waals surface area contributed by atoms with Gasteiger partial charge in [0.2, 0.25) is 0 Å². The first-order valence-corrected chi connectivity index (χ1v) is 8.14. The summed E-state index contributed by atoms with van der Waals surface area (Å²) >= 11 is 0. The average Bonchev–Trinajstić information content (AvgIpc) is 3.06. The summed E-state index contributed by atoms with van der Waals surface area (Å²) in [5, 5.41) is 3.21. The number of carbonyl (C=O) groups excluding carboxylic acids is 1. The van der Waals surface area contributed by atoms with E-state index in [1.807, 2.05) is 0 Å². The molecular weight excluding hydrogens is 321 g/mol. The van der Waals surface area contributed by atoms with Crippen molar-refractivity contribution in [3.63, 3.8) is 0 Å². The van der Waals surface area contributed by atoms with E-state index in [-0.39, 0.29) is 11.5 Å². The van der Waals surface area contributed by atoms with E-state index < -0.39 is 5.82 Å². The molecule has 4 rings (SSSR count). The van der Waals surface area contributed by atoms with Crippen molar-refractivity contribution in [1.82, 2.24) is 9.55 Å². The highest BCUT2D eigenvalue weighted by atomic mass is 19.1. The number of hydrogen-bond acceptors (Lipinski definition) is 3. The monoisotopic (exact) mass is 337 g/mol. The summed E-state index contributed by atoms with van der Waals surface area (Å²) in [7, 11) is 0. The van der Waals surface area contributed by atoms with Gasteiger partial charge < -0.3 is 5.32 Å². The number of aryl methyl sites for hydroxylation is 2. The molecular formula is C19H16FN3O2. The van der Waals surface area contributed by atoms with Gasteiger partial charge in [-0.1, -0.05) is 6.07 Å². The predicted molar refractivity (Wildman–Crippen MR) is 93.4 cm³/mol. The van der Waals surface area contributed by atoms with E-state index in [9.17, 15) is 14.0 Å². The Kier molecular flexibility index (Phi) is 3.60. The molecule has 0 radical (unpaired) electrons. The number of hydrogen-bond donors (Lipinski definition) is 1. The van der Waals surface area contributed by atoms with Gasteiger partial charge in [-0.15, -0.1) is 0 Å². The van der Waals surface area contributed by atoms with Crippen molar-refractivity contribution >= 4 is 22.5 Å². The van der Waals surface area contributed by atoms with Crippen molar-refractivity contribution in [2.75, 3.05) is 5.32 Å². The van der Waals surface area contributed by atoms with Crippen LogP contribution in [0, 0.1) is 12.7 Å². The summed E-state index contributed by atoms with van der Waals surface area (Å²) in [6.45, 7) is 2.49. The second-order valence-electron chi connectivity index (χ2n) is 6.23. The van der Waals surface area contributed by atoms with Crippen molar-refractivity contribution < 1.29 is 9.18 Å². The van der Waals surface area contributed by atoms with E-state index in [2.05, 4.69) is 10.3 Å². The summed E-state index contributed by atoms with van der Waals surface area (Å²) in [4.78, 5) is 29.5. The van der Waals surface area contributed by atoms with Crippen LogP contribution in [0.15, 0.2) is 41.2 Å². The minimum atomic E-state index is -0.412. The molecule has 0 unspecified atom stereocenters. The van der Waals surface area contributed by atoms with Gasteiger partial charge in [0.15, 0.2) is 0 Å². The van der Waals surface area contributed by atoms with Gasteiger partial charge in [-0.3, -0.25) is 14.2 Å². The standard InChI is InChI=1S/C19H16FN3O2/c1-11-4-6-13(20)10-15(11)22-18(24)12-5-7-14-16(9-12)21-17-3-2-8-23(17)19(14)25/h4-7,9-10H,2-3,8H2,1H3,(H,22,24). The maximum atomic E-state index is 13.4. The Bertz CT molecular complexity index is 1070. The van der Waals surface area contributed by atoms with Crippen molar-refractivity contribution in [2.45, 2.75) is 26.3 Å². The Labute approximate surface area is 143 Å². The van der Waals surface area contributed by atoms with Crippen LogP contribution in [0.3, 0.4) is 0 Å². The number of nitrogens with one attached hydrogen (secondary N) is 1. The number of carbonyl (C=O) groups is 1. The van der Waals surface area contributed by atoms with Crippen LogP contribution in [0.4, 0.5) is 10.1 Å². The third-order valence-corrected chi connectivity index (χ3v) is 4.53. The van der Waals surface area contributed by atoms with E-state index in [0.29, 0.717) is 28.7 Å². The Morgan fingerprint density at radius 1 is 1.24 bits per heavy atom. The van der Waals surface area contributed by atoms with Gasteiger partial charge in [0.25, 0.3) is 11.5 Å². The largest absolute Gasteiger partial charge is 0.322 e. The Morgan fingerprint density at radius 2 is 2.08 bits per heavy atom. The third kappa shape index (κ3) is 2.69. The van der Waals surface area contributed by atoms with Crippen LogP contribution in [0.5, 0.6) is 0 Å². The van der Waals surface area contributed by atoms with E-state index in [1.54, 1.807) is 35.8 Å². The molecule has 3 aromatic rings. The summed E-state index contributed by atoms with van der Waals surface area (Å²) in [6.07, 6.45) is 1.68. The zero-order chi connectivity index (χ0) is 17.6. The van der Waals surface area contributed by atoms with Gasteiger partial charge >= 0.3 is 0 Å². The Hall–Kier alpha value is -3.02. The third-order valence-electron chi connectivity index (χ3n) is 4.53. The van der Waals surface area contributed by atoms with Gasteiger partial charge in [0.05, 0.1) is 10.9 Å². The first-order valence-electron chi connectivity index (χ1n) is 8.14. The Balaban J connectivity index is 1.72. The SMILES string of the molecule is Cc1ccc(F)cc1NC(=O)c1ccc2c(=O)n3c(nc2c1)CCC3. The lowest BCUT2D eigenvalue weighted by Crippen LogP contribution is -2.21. The molecule has 0 bridgehead atoms. The van der Waals surface area contributed by atoms with Crippen LogP contribution in [0.2, 0.25) is 0 Å². The zero-order valence-electron chi connectivity index (χ0n) is 13.7. The maximum Gasteiger partial charge on any atom is 0.261 e. The molecule has 0 saturated heterocycles. The molecule has 0 spiro atoms. The van der Waals surface area contributed by atoms with Crippen LogP contribution in [-0.4, -0.2) is 15.5 Å². The minimum Gasteiger partial charge on any atom is -0.322 e. The number of benzene rings is 2. The lowest BCUT2D eigenvalue weighted by Gasteiger charge is -2.10. The molecule has 0 aliphatic carbocycles. The number of fused-ring (bicyclic) bond motifs is 2. The number of halogens is 1. The molecule has 25 heavy (non-hydrogen) atoms. The maximum absolute atomic E-state index is 13.4. The molecule has 1 aliphatic rings. The van der Waals surface area contributed by atoms with E-state index in [1.165, 1.54) is 12.1 Å². The number of aromatic nitrogens is 2. The molecule has 126 valence electrons.